The second kappa shape index (κ2) is 5.69. The minimum Gasteiger partial charge on any atom is -0.352 e. The Morgan fingerprint density at radius 3 is 2.68 bits per heavy atom. The molecular formula is C17H22ClN5O2. The number of halogens is 1. The number of piperazine rings is 1. The molecule has 134 valence electrons. The van der Waals surface area contributed by atoms with Crippen LogP contribution in [-0.2, 0) is 10.2 Å². The average molecular weight is 364 g/mol. The standard InChI is InChI=1S/C17H22ClN5O2/c1-16(2,3)10-8-12(18)21-23-9-11(20-13(10)23)14(24)22-7-6-19-15(25)17(22,4)5/h8-9H,6-7H2,1-5H3,(H,19,25). The normalized spacial score (nSPS) is 17.7. The van der Waals surface area contributed by atoms with Crippen molar-refractivity contribution in [3.63, 3.8) is 0 Å². The van der Waals surface area contributed by atoms with Crippen LogP contribution in [-0.4, -0.2) is 49.9 Å². The van der Waals surface area contributed by atoms with Crippen molar-refractivity contribution in [2.45, 2.75) is 45.6 Å². The minimum atomic E-state index is -0.928. The average Bonchev–Trinajstić information content (AvgIpc) is 2.91. The van der Waals surface area contributed by atoms with Gasteiger partial charge >= 0.3 is 0 Å². The Bertz CT molecular complexity index is 866. The first-order valence-electron chi connectivity index (χ1n) is 8.18. The molecule has 0 bridgehead atoms. The van der Waals surface area contributed by atoms with E-state index in [2.05, 4.69) is 15.4 Å². The van der Waals surface area contributed by atoms with Gasteiger partial charge in [-0.3, -0.25) is 9.59 Å². The van der Waals surface area contributed by atoms with Crippen molar-refractivity contribution in [2.24, 2.45) is 0 Å². The van der Waals surface area contributed by atoms with Gasteiger partial charge in [-0.05, 0) is 25.3 Å². The molecule has 1 N–H and O–H groups in total. The van der Waals surface area contributed by atoms with E-state index in [1.54, 1.807) is 31.0 Å². The number of rotatable bonds is 1. The second-order valence-electron chi connectivity index (χ2n) is 7.80. The van der Waals surface area contributed by atoms with Crippen molar-refractivity contribution in [3.8, 4) is 0 Å². The van der Waals surface area contributed by atoms with E-state index in [1.165, 1.54) is 4.52 Å². The Kier molecular flexibility index (Phi) is 4.02. The van der Waals surface area contributed by atoms with E-state index in [1.807, 2.05) is 20.8 Å². The summed E-state index contributed by atoms with van der Waals surface area (Å²) >= 11 is 6.12. The number of carbonyl (C=O) groups is 2. The largest absolute Gasteiger partial charge is 0.352 e. The monoisotopic (exact) mass is 363 g/mol. The van der Waals surface area contributed by atoms with Crippen LogP contribution >= 0.6 is 11.6 Å². The number of fused-ring (bicyclic) bond motifs is 1. The van der Waals surface area contributed by atoms with Crippen molar-refractivity contribution in [3.05, 3.63) is 28.7 Å². The smallest absolute Gasteiger partial charge is 0.275 e. The second-order valence-corrected chi connectivity index (χ2v) is 8.18. The molecule has 7 nitrogen and oxygen atoms in total. The molecule has 3 heterocycles. The fourth-order valence-corrected chi connectivity index (χ4v) is 3.19. The number of nitrogens with zero attached hydrogens (tertiary/aromatic N) is 4. The summed E-state index contributed by atoms with van der Waals surface area (Å²) in [4.78, 5) is 31.1. The molecule has 1 aliphatic heterocycles. The molecule has 0 atom stereocenters. The molecule has 0 spiro atoms. The Labute approximate surface area is 151 Å². The third-order valence-electron chi connectivity index (χ3n) is 4.52. The van der Waals surface area contributed by atoms with Crippen LogP contribution in [0.3, 0.4) is 0 Å². The Hall–Kier alpha value is -2.15. The zero-order valence-corrected chi connectivity index (χ0v) is 15.8. The van der Waals surface area contributed by atoms with Crippen LogP contribution in [0.15, 0.2) is 12.3 Å². The van der Waals surface area contributed by atoms with E-state index in [4.69, 9.17) is 11.6 Å². The number of imidazole rings is 1. The van der Waals surface area contributed by atoms with Gasteiger partial charge in [0.1, 0.15) is 16.4 Å². The molecular weight excluding hydrogens is 342 g/mol. The molecule has 8 heteroatoms. The van der Waals surface area contributed by atoms with E-state index in [0.29, 0.717) is 23.9 Å². The summed E-state index contributed by atoms with van der Waals surface area (Å²) in [5.41, 5.74) is 0.622. The van der Waals surface area contributed by atoms with Gasteiger partial charge in [-0.2, -0.15) is 5.10 Å². The number of amides is 2. The molecule has 2 aromatic rings. The van der Waals surface area contributed by atoms with Crippen LogP contribution in [0.25, 0.3) is 5.65 Å². The maximum atomic E-state index is 13.0. The van der Waals surface area contributed by atoms with Crippen LogP contribution in [0.1, 0.15) is 50.7 Å². The lowest BCUT2D eigenvalue weighted by Crippen LogP contribution is -2.63. The van der Waals surface area contributed by atoms with Gasteiger partial charge in [0.05, 0.1) is 6.20 Å². The zero-order valence-electron chi connectivity index (χ0n) is 15.1. The highest BCUT2D eigenvalue weighted by Crippen LogP contribution is 2.28. The van der Waals surface area contributed by atoms with Crippen LogP contribution in [0.2, 0.25) is 5.15 Å². The van der Waals surface area contributed by atoms with Crippen molar-refractivity contribution in [1.29, 1.82) is 0 Å². The molecule has 0 aliphatic carbocycles. The van der Waals surface area contributed by atoms with E-state index in [0.717, 1.165) is 5.56 Å². The lowest BCUT2D eigenvalue weighted by Gasteiger charge is -2.40. The van der Waals surface area contributed by atoms with Crippen LogP contribution < -0.4 is 5.32 Å². The lowest BCUT2D eigenvalue weighted by atomic mass is 9.88. The van der Waals surface area contributed by atoms with Gasteiger partial charge in [0.15, 0.2) is 5.65 Å². The van der Waals surface area contributed by atoms with E-state index >= 15 is 0 Å². The maximum Gasteiger partial charge on any atom is 0.275 e. The van der Waals surface area contributed by atoms with Crippen molar-refractivity contribution in [1.82, 2.24) is 24.8 Å². The molecule has 2 aromatic heterocycles. The summed E-state index contributed by atoms with van der Waals surface area (Å²) in [6.45, 7) is 10.5. The van der Waals surface area contributed by atoms with Gasteiger partial charge in [-0.15, -0.1) is 0 Å². The minimum absolute atomic E-state index is 0.174. The number of aromatic nitrogens is 3. The summed E-state index contributed by atoms with van der Waals surface area (Å²) in [7, 11) is 0. The van der Waals surface area contributed by atoms with E-state index < -0.39 is 5.54 Å². The molecule has 25 heavy (non-hydrogen) atoms. The molecule has 1 saturated heterocycles. The molecule has 0 unspecified atom stereocenters. The van der Waals surface area contributed by atoms with Crippen LogP contribution in [0.5, 0.6) is 0 Å². The molecule has 1 fully saturated rings. The molecule has 1 aliphatic rings. The topological polar surface area (TPSA) is 79.6 Å². The van der Waals surface area contributed by atoms with E-state index in [-0.39, 0.29) is 22.9 Å². The molecule has 3 rings (SSSR count). The number of carbonyl (C=O) groups excluding carboxylic acids is 2. The third-order valence-corrected chi connectivity index (χ3v) is 4.70. The van der Waals surface area contributed by atoms with Gasteiger partial charge < -0.3 is 10.2 Å². The van der Waals surface area contributed by atoms with Gasteiger partial charge in [0, 0.05) is 18.7 Å². The van der Waals surface area contributed by atoms with Gasteiger partial charge in [-0.1, -0.05) is 32.4 Å². The first-order chi connectivity index (χ1) is 11.5. The van der Waals surface area contributed by atoms with Crippen molar-refractivity contribution >= 4 is 29.1 Å². The summed E-state index contributed by atoms with van der Waals surface area (Å²) in [6.07, 6.45) is 1.57. The highest BCUT2D eigenvalue weighted by molar-refractivity contribution is 6.29. The Balaban J connectivity index is 2.08. The maximum absolute atomic E-state index is 13.0. The molecule has 0 saturated carbocycles. The first kappa shape index (κ1) is 17.7. The van der Waals surface area contributed by atoms with Crippen LogP contribution in [0.4, 0.5) is 0 Å². The van der Waals surface area contributed by atoms with Gasteiger partial charge in [0.25, 0.3) is 5.91 Å². The third kappa shape index (κ3) is 2.97. The Morgan fingerprint density at radius 1 is 1.36 bits per heavy atom. The molecule has 2 amide bonds. The summed E-state index contributed by atoms with van der Waals surface area (Å²) in [5.74, 6) is -0.464. The Morgan fingerprint density at radius 2 is 2.04 bits per heavy atom. The molecule has 0 radical (unpaired) electrons. The van der Waals surface area contributed by atoms with Crippen LogP contribution in [0, 0.1) is 0 Å². The fraction of sp³-hybridized carbons (Fsp3) is 0.529. The number of hydrogen-bond acceptors (Lipinski definition) is 4. The fourth-order valence-electron chi connectivity index (χ4n) is 2.99. The zero-order chi connectivity index (χ0) is 18.6. The highest BCUT2D eigenvalue weighted by Gasteiger charge is 2.41. The summed E-state index contributed by atoms with van der Waals surface area (Å²) in [5, 5.41) is 7.34. The van der Waals surface area contributed by atoms with Gasteiger partial charge in [0.2, 0.25) is 5.91 Å². The van der Waals surface area contributed by atoms with Crippen molar-refractivity contribution in [2.75, 3.05) is 13.1 Å². The summed E-state index contributed by atoms with van der Waals surface area (Å²) in [6, 6.07) is 1.77. The molecule has 0 aromatic carbocycles. The highest BCUT2D eigenvalue weighted by atomic mass is 35.5. The summed E-state index contributed by atoms with van der Waals surface area (Å²) < 4.78 is 1.53. The van der Waals surface area contributed by atoms with Crippen molar-refractivity contribution < 1.29 is 9.59 Å². The first-order valence-corrected chi connectivity index (χ1v) is 8.56. The predicted octanol–water partition coefficient (Wildman–Crippen LogP) is 2.03. The SMILES string of the molecule is CC(C)(C)c1cc(Cl)nn2cc(C(=O)N3CCNC(=O)C3(C)C)nc12. The number of nitrogens with one attached hydrogen (secondary N) is 1. The predicted molar refractivity (Wildman–Crippen MR) is 94.8 cm³/mol. The quantitative estimate of drug-likeness (QED) is 0.840. The number of hydrogen-bond donors (Lipinski definition) is 1. The lowest BCUT2D eigenvalue weighted by molar-refractivity contribution is -0.133. The van der Waals surface area contributed by atoms with Gasteiger partial charge in [-0.25, -0.2) is 9.50 Å². The van der Waals surface area contributed by atoms with E-state index in [9.17, 15) is 9.59 Å².